The van der Waals surface area contributed by atoms with Gasteiger partial charge >= 0.3 is 6.01 Å². The Kier molecular flexibility index (Phi) is 5.15. The molecule has 1 aromatic heterocycles. The van der Waals surface area contributed by atoms with Crippen molar-refractivity contribution >= 4 is 17.5 Å². The zero-order valence-electron chi connectivity index (χ0n) is 11.0. The van der Waals surface area contributed by atoms with E-state index in [1.54, 1.807) is 0 Å². The molecule has 0 aromatic carbocycles. The Morgan fingerprint density at radius 3 is 2.95 bits per heavy atom. The third kappa shape index (κ3) is 3.67. The molecule has 0 radical (unpaired) electrons. The molecule has 0 bridgehead atoms. The van der Waals surface area contributed by atoms with Crippen molar-refractivity contribution in [2.45, 2.75) is 38.6 Å². The molecule has 1 unspecified atom stereocenters. The second kappa shape index (κ2) is 6.86. The standard InChI is InChI=1S/C12H19ClN4O2/c1-2-7-19-12-15-10(13)14-11(16-12)17-6-4-3-5-9(17)8-18/h9,18H,2-8H2,1H3. The van der Waals surface area contributed by atoms with Crippen LogP contribution in [0.25, 0.3) is 0 Å². The van der Waals surface area contributed by atoms with Crippen molar-refractivity contribution in [1.29, 1.82) is 0 Å². The van der Waals surface area contributed by atoms with Gasteiger partial charge in [0.25, 0.3) is 0 Å². The smallest absolute Gasteiger partial charge is 0.322 e. The highest BCUT2D eigenvalue weighted by Crippen LogP contribution is 2.23. The normalized spacial score (nSPS) is 19.5. The van der Waals surface area contributed by atoms with Crippen molar-refractivity contribution in [3.63, 3.8) is 0 Å². The molecule has 1 aliphatic rings. The van der Waals surface area contributed by atoms with E-state index in [2.05, 4.69) is 15.0 Å². The number of rotatable bonds is 5. The summed E-state index contributed by atoms with van der Waals surface area (Å²) in [6.07, 6.45) is 3.98. The molecule has 0 amide bonds. The molecule has 1 fully saturated rings. The van der Waals surface area contributed by atoms with Gasteiger partial charge < -0.3 is 14.7 Å². The largest absolute Gasteiger partial charge is 0.463 e. The highest BCUT2D eigenvalue weighted by molar-refractivity contribution is 6.28. The number of hydrogen-bond acceptors (Lipinski definition) is 6. The van der Waals surface area contributed by atoms with Gasteiger partial charge in [0.1, 0.15) is 0 Å². The summed E-state index contributed by atoms with van der Waals surface area (Å²) in [5.74, 6) is 0.491. The molecule has 0 spiro atoms. The Hall–Kier alpha value is -1.14. The Labute approximate surface area is 117 Å². The minimum atomic E-state index is 0.0474. The maximum Gasteiger partial charge on any atom is 0.322 e. The Bertz CT molecular complexity index is 419. The average molecular weight is 287 g/mol. The van der Waals surface area contributed by atoms with Gasteiger partial charge in [0.05, 0.1) is 19.3 Å². The lowest BCUT2D eigenvalue weighted by Crippen LogP contribution is -2.43. The molecule has 19 heavy (non-hydrogen) atoms. The molecule has 2 heterocycles. The van der Waals surface area contributed by atoms with E-state index in [0.29, 0.717) is 12.6 Å². The molecule has 1 atom stereocenters. The number of halogens is 1. The van der Waals surface area contributed by atoms with E-state index in [0.717, 1.165) is 32.2 Å². The van der Waals surface area contributed by atoms with Crippen molar-refractivity contribution in [2.75, 3.05) is 24.7 Å². The molecule has 0 saturated carbocycles. The topological polar surface area (TPSA) is 71.4 Å². The van der Waals surface area contributed by atoms with Gasteiger partial charge in [0.2, 0.25) is 11.2 Å². The number of nitrogens with zero attached hydrogens (tertiary/aromatic N) is 4. The van der Waals surface area contributed by atoms with E-state index < -0.39 is 0 Å². The number of aliphatic hydroxyl groups excluding tert-OH is 1. The van der Waals surface area contributed by atoms with Crippen LogP contribution in [0.1, 0.15) is 32.6 Å². The summed E-state index contributed by atoms with van der Waals surface area (Å²) in [6, 6.07) is 0.297. The minimum absolute atomic E-state index is 0.0474. The molecule has 1 saturated heterocycles. The van der Waals surface area contributed by atoms with Gasteiger partial charge in [-0.15, -0.1) is 0 Å². The summed E-state index contributed by atoms with van der Waals surface area (Å²) in [7, 11) is 0. The van der Waals surface area contributed by atoms with E-state index >= 15 is 0 Å². The van der Waals surface area contributed by atoms with Crippen LogP contribution >= 0.6 is 11.6 Å². The van der Waals surface area contributed by atoms with E-state index in [-0.39, 0.29) is 23.9 Å². The van der Waals surface area contributed by atoms with Gasteiger partial charge in [-0.2, -0.15) is 15.0 Å². The van der Waals surface area contributed by atoms with Crippen molar-refractivity contribution in [1.82, 2.24) is 15.0 Å². The maximum absolute atomic E-state index is 9.43. The summed E-state index contributed by atoms with van der Waals surface area (Å²) < 4.78 is 5.40. The summed E-state index contributed by atoms with van der Waals surface area (Å²) in [4.78, 5) is 14.4. The molecule has 1 aromatic rings. The van der Waals surface area contributed by atoms with Crippen LogP contribution in [0, 0.1) is 0 Å². The van der Waals surface area contributed by atoms with E-state index in [1.807, 2.05) is 11.8 Å². The van der Waals surface area contributed by atoms with Crippen LogP contribution in [0.3, 0.4) is 0 Å². The first-order chi connectivity index (χ1) is 9.24. The quantitative estimate of drug-likeness (QED) is 0.888. The minimum Gasteiger partial charge on any atom is -0.463 e. The number of ether oxygens (including phenoxy) is 1. The van der Waals surface area contributed by atoms with Crippen LogP contribution in [-0.2, 0) is 0 Å². The number of hydrogen-bond donors (Lipinski definition) is 1. The van der Waals surface area contributed by atoms with Crippen molar-refractivity contribution in [3.05, 3.63) is 5.28 Å². The molecule has 6 nitrogen and oxygen atoms in total. The predicted octanol–water partition coefficient (Wildman–Crippen LogP) is 1.66. The SMILES string of the molecule is CCCOc1nc(Cl)nc(N2CCCCC2CO)n1. The van der Waals surface area contributed by atoms with Crippen LogP contribution in [0.15, 0.2) is 0 Å². The molecule has 0 aliphatic carbocycles. The summed E-state index contributed by atoms with van der Waals surface area (Å²) in [5.41, 5.74) is 0. The lowest BCUT2D eigenvalue weighted by Gasteiger charge is -2.34. The van der Waals surface area contributed by atoms with Crippen molar-refractivity contribution in [2.24, 2.45) is 0 Å². The van der Waals surface area contributed by atoms with Crippen molar-refractivity contribution in [3.8, 4) is 6.01 Å². The zero-order valence-corrected chi connectivity index (χ0v) is 11.8. The van der Waals surface area contributed by atoms with E-state index in [4.69, 9.17) is 16.3 Å². The van der Waals surface area contributed by atoms with Gasteiger partial charge in [-0.3, -0.25) is 0 Å². The highest BCUT2D eigenvalue weighted by Gasteiger charge is 2.25. The fraction of sp³-hybridized carbons (Fsp3) is 0.750. The van der Waals surface area contributed by atoms with Crippen molar-refractivity contribution < 1.29 is 9.84 Å². The molecule has 106 valence electrons. The second-order valence-corrected chi connectivity index (χ2v) is 4.90. The van der Waals surface area contributed by atoms with Gasteiger partial charge in [0.15, 0.2) is 0 Å². The maximum atomic E-state index is 9.43. The van der Waals surface area contributed by atoms with Crippen LogP contribution < -0.4 is 9.64 Å². The summed E-state index contributed by atoms with van der Waals surface area (Å²) in [6.45, 7) is 3.46. The van der Waals surface area contributed by atoms with Crippen LogP contribution in [0.4, 0.5) is 5.95 Å². The lowest BCUT2D eigenvalue weighted by molar-refractivity contribution is 0.237. The molecular weight excluding hydrogens is 268 g/mol. The van der Waals surface area contributed by atoms with Gasteiger partial charge in [-0.1, -0.05) is 6.92 Å². The van der Waals surface area contributed by atoms with E-state index in [9.17, 15) is 5.11 Å². The Morgan fingerprint density at radius 1 is 1.37 bits per heavy atom. The number of aliphatic hydroxyl groups is 1. The number of piperidine rings is 1. The van der Waals surface area contributed by atoms with Gasteiger partial charge in [-0.05, 0) is 37.3 Å². The summed E-state index contributed by atoms with van der Waals surface area (Å²) >= 11 is 5.91. The molecule has 1 aliphatic heterocycles. The third-order valence-corrected chi connectivity index (χ3v) is 3.27. The molecular formula is C12H19ClN4O2. The van der Waals surface area contributed by atoms with E-state index in [1.165, 1.54) is 0 Å². The lowest BCUT2D eigenvalue weighted by atomic mass is 10.0. The van der Waals surface area contributed by atoms with Crippen LogP contribution in [0.5, 0.6) is 6.01 Å². The monoisotopic (exact) mass is 286 g/mol. The Balaban J connectivity index is 2.19. The predicted molar refractivity (Wildman–Crippen MR) is 72.7 cm³/mol. The fourth-order valence-electron chi connectivity index (χ4n) is 2.16. The zero-order chi connectivity index (χ0) is 13.7. The fourth-order valence-corrected chi connectivity index (χ4v) is 2.31. The summed E-state index contributed by atoms with van der Waals surface area (Å²) in [5, 5.41) is 9.55. The van der Waals surface area contributed by atoms with Crippen LogP contribution in [-0.4, -0.2) is 45.9 Å². The van der Waals surface area contributed by atoms with Crippen LogP contribution in [0.2, 0.25) is 5.28 Å². The van der Waals surface area contributed by atoms with Gasteiger partial charge in [0, 0.05) is 6.54 Å². The molecule has 2 rings (SSSR count). The highest BCUT2D eigenvalue weighted by atomic mass is 35.5. The van der Waals surface area contributed by atoms with Gasteiger partial charge in [-0.25, -0.2) is 0 Å². The third-order valence-electron chi connectivity index (χ3n) is 3.11. The number of anilines is 1. The first-order valence-electron chi connectivity index (χ1n) is 6.66. The molecule has 1 N–H and O–H groups in total. The first-order valence-corrected chi connectivity index (χ1v) is 7.04. The number of aromatic nitrogens is 3. The Morgan fingerprint density at radius 2 is 2.21 bits per heavy atom. The molecule has 7 heteroatoms. The first kappa shape index (κ1) is 14.3. The average Bonchev–Trinajstić information content (AvgIpc) is 2.44. The second-order valence-electron chi connectivity index (χ2n) is 4.56.